The molecular formula is C10H14N4S. The van der Waals surface area contributed by atoms with Crippen LogP contribution in [0, 0.1) is 6.92 Å². The van der Waals surface area contributed by atoms with Crippen molar-refractivity contribution in [1.82, 2.24) is 9.97 Å². The van der Waals surface area contributed by atoms with Gasteiger partial charge in [0.2, 0.25) is 5.95 Å². The molecule has 4 nitrogen and oxygen atoms in total. The minimum Gasteiger partial charge on any atom is -0.388 e. The molecule has 1 aromatic rings. The highest BCUT2D eigenvalue weighted by atomic mass is 32.1. The van der Waals surface area contributed by atoms with Crippen molar-refractivity contribution in [3.05, 3.63) is 17.5 Å². The van der Waals surface area contributed by atoms with E-state index in [1.165, 1.54) is 12.8 Å². The summed E-state index contributed by atoms with van der Waals surface area (Å²) in [5.41, 5.74) is 7.12. The van der Waals surface area contributed by atoms with E-state index in [9.17, 15) is 0 Å². The molecule has 0 unspecified atom stereocenters. The molecule has 80 valence electrons. The number of nitrogens with zero attached hydrogens (tertiary/aromatic N) is 3. The zero-order valence-electron chi connectivity index (χ0n) is 8.90. The third-order valence-electron chi connectivity index (χ3n) is 2.50. The van der Waals surface area contributed by atoms with E-state index in [0.29, 0.717) is 16.7 Å². The molecule has 0 saturated heterocycles. The van der Waals surface area contributed by atoms with Crippen molar-refractivity contribution in [2.24, 2.45) is 5.73 Å². The van der Waals surface area contributed by atoms with Crippen molar-refractivity contribution in [2.75, 3.05) is 11.9 Å². The number of hydrogen-bond acceptors (Lipinski definition) is 4. The van der Waals surface area contributed by atoms with Crippen LogP contribution in [-0.4, -0.2) is 28.0 Å². The van der Waals surface area contributed by atoms with Crippen molar-refractivity contribution in [3.8, 4) is 0 Å². The van der Waals surface area contributed by atoms with Gasteiger partial charge < -0.3 is 10.6 Å². The Balaban J connectivity index is 2.33. The smallest absolute Gasteiger partial charge is 0.226 e. The van der Waals surface area contributed by atoms with E-state index in [-0.39, 0.29) is 0 Å². The minimum absolute atomic E-state index is 0.325. The average molecular weight is 222 g/mol. The fraction of sp³-hybridized carbons (Fsp3) is 0.500. The molecule has 1 fully saturated rings. The zero-order chi connectivity index (χ0) is 11.0. The average Bonchev–Trinajstić information content (AvgIpc) is 2.98. The highest BCUT2D eigenvalue weighted by molar-refractivity contribution is 7.80. The van der Waals surface area contributed by atoms with Gasteiger partial charge in [-0.15, -0.1) is 0 Å². The molecule has 0 aromatic carbocycles. The van der Waals surface area contributed by atoms with Crippen LogP contribution in [0.15, 0.2) is 6.07 Å². The molecular weight excluding hydrogens is 208 g/mol. The van der Waals surface area contributed by atoms with Crippen LogP contribution in [0.5, 0.6) is 0 Å². The molecule has 1 heterocycles. The summed E-state index contributed by atoms with van der Waals surface area (Å²) < 4.78 is 0. The Labute approximate surface area is 94.5 Å². The molecule has 15 heavy (non-hydrogen) atoms. The van der Waals surface area contributed by atoms with E-state index in [1.807, 2.05) is 20.0 Å². The second-order valence-electron chi connectivity index (χ2n) is 3.90. The number of anilines is 1. The maximum atomic E-state index is 5.57. The number of thiocarbonyl (C=S) groups is 1. The lowest BCUT2D eigenvalue weighted by Gasteiger charge is -2.17. The lowest BCUT2D eigenvalue weighted by Crippen LogP contribution is -2.24. The van der Waals surface area contributed by atoms with Crippen LogP contribution in [0.4, 0.5) is 5.95 Å². The molecule has 1 aliphatic carbocycles. The molecule has 0 amide bonds. The number of rotatable bonds is 3. The zero-order valence-corrected chi connectivity index (χ0v) is 9.71. The quantitative estimate of drug-likeness (QED) is 0.774. The van der Waals surface area contributed by atoms with Gasteiger partial charge in [0.25, 0.3) is 0 Å². The lowest BCUT2D eigenvalue weighted by molar-refractivity contribution is 0.852. The van der Waals surface area contributed by atoms with Crippen molar-refractivity contribution in [2.45, 2.75) is 25.8 Å². The monoisotopic (exact) mass is 222 g/mol. The first-order valence-electron chi connectivity index (χ1n) is 4.96. The molecule has 5 heteroatoms. The third kappa shape index (κ3) is 2.23. The fourth-order valence-electron chi connectivity index (χ4n) is 1.46. The summed E-state index contributed by atoms with van der Waals surface area (Å²) >= 11 is 4.92. The first-order chi connectivity index (χ1) is 7.08. The number of nitrogens with two attached hydrogens (primary N) is 1. The summed E-state index contributed by atoms with van der Waals surface area (Å²) in [6, 6.07) is 2.40. The standard InChI is InChI=1S/C10H14N4S/c1-6-5-8(9(11)15)13-10(12-6)14(2)7-3-4-7/h5,7H,3-4H2,1-2H3,(H2,11,15). The highest BCUT2D eigenvalue weighted by Crippen LogP contribution is 2.28. The minimum atomic E-state index is 0.325. The molecule has 0 aliphatic heterocycles. The molecule has 2 rings (SSSR count). The normalized spacial score (nSPS) is 15.1. The van der Waals surface area contributed by atoms with E-state index >= 15 is 0 Å². The van der Waals surface area contributed by atoms with Crippen molar-refractivity contribution in [1.29, 1.82) is 0 Å². The maximum absolute atomic E-state index is 5.57. The van der Waals surface area contributed by atoms with E-state index < -0.39 is 0 Å². The lowest BCUT2D eigenvalue weighted by atomic mass is 10.3. The van der Waals surface area contributed by atoms with Crippen LogP contribution in [0.3, 0.4) is 0 Å². The van der Waals surface area contributed by atoms with Gasteiger partial charge in [0.1, 0.15) is 10.7 Å². The summed E-state index contributed by atoms with van der Waals surface area (Å²) in [4.78, 5) is 11.1. The Morgan fingerprint density at radius 3 is 2.73 bits per heavy atom. The van der Waals surface area contributed by atoms with E-state index in [0.717, 1.165) is 11.6 Å². The van der Waals surface area contributed by atoms with Crippen LogP contribution < -0.4 is 10.6 Å². The summed E-state index contributed by atoms with van der Waals surface area (Å²) in [5.74, 6) is 0.723. The first kappa shape index (κ1) is 10.3. The van der Waals surface area contributed by atoms with Crippen molar-refractivity contribution < 1.29 is 0 Å². The summed E-state index contributed by atoms with van der Waals surface area (Å²) in [6.45, 7) is 1.92. The molecule has 1 aromatic heterocycles. The van der Waals surface area contributed by atoms with Crippen LogP contribution in [0.1, 0.15) is 24.2 Å². The van der Waals surface area contributed by atoms with Crippen LogP contribution in [-0.2, 0) is 0 Å². The van der Waals surface area contributed by atoms with Crippen LogP contribution in [0.2, 0.25) is 0 Å². The molecule has 1 aliphatic rings. The topological polar surface area (TPSA) is 55.0 Å². The van der Waals surface area contributed by atoms with Gasteiger partial charge in [-0.25, -0.2) is 9.97 Å². The Bertz CT molecular complexity index is 400. The van der Waals surface area contributed by atoms with Gasteiger partial charge in [-0.3, -0.25) is 0 Å². The molecule has 0 spiro atoms. The van der Waals surface area contributed by atoms with Gasteiger partial charge in [-0.1, -0.05) is 12.2 Å². The van der Waals surface area contributed by atoms with Crippen LogP contribution in [0.25, 0.3) is 0 Å². The summed E-state index contributed by atoms with van der Waals surface area (Å²) in [5, 5.41) is 0. The second-order valence-corrected chi connectivity index (χ2v) is 4.34. The predicted octanol–water partition coefficient (Wildman–Crippen LogP) is 1.02. The molecule has 0 radical (unpaired) electrons. The Kier molecular flexibility index (Phi) is 2.56. The highest BCUT2D eigenvalue weighted by Gasteiger charge is 2.28. The molecule has 0 bridgehead atoms. The number of hydrogen-bond donors (Lipinski definition) is 1. The van der Waals surface area contributed by atoms with Gasteiger partial charge in [-0.05, 0) is 25.8 Å². The van der Waals surface area contributed by atoms with Gasteiger partial charge in [-0.2, -0.15) is 0 Å². The van der Waals surface area contributed by atoms with Crippen molar-refractivity contribution in [3.63, 3.8) is 0 Å². The van der Waals surface area contributed by atoms with E-state index in [1.54, 1.807) is 0 Å². The SMILES string of the molecule is Cc1cc(C(N)=S)nc(N(C)C2CC2)n1. The number of aromatic nitrogens is 2. The predicted molar refractivity (Wildman–Crippen MR) is 64.1 cm³/mol. The Morgan fingerprint density at radius 2 is 2.20 bits per heavy atom. The van der Waals surface area contributed by atoms with Crippen LogP contribution >= 0.6 is 12.2 Å². The maximum Gasteiger partial charge on any atom is 0.226 e. The van der Waals surface area contributed by atoms with E-state index in [2.05, 4.69) is 14.9 Å². The van der Waals surface area contributed by atoms with Crippen molar-refractivity contribution >= 4 is 23.2 Å². The molecule has 0 atom stereocenters. The third-order valence-corrected chi connectivity index (χ3v) is 2.71. The van der Waals surface area contributed by atoms with Gasteiger partial charge >= 0.3 is 0 Å². The summed E-state index contributed by atoms with van der Waals surface area (Å²) in [6.07, 6.45) is 2.44. The first-order valence-corrected chi connectivity index (χ1v) is 5.37. The fourth-order valence-corrected chi connectivity index (χ4v) is 1.57. The van der Waals surface area contributed by atoms with E-state index in [4.69, 9.17) is 18.0 Å². The summed E-state index contributed by atoms with van der Waals surface area (Å²) in [7, 11) is 2.01. The number of aryl methyl sites for hydroxylation is 1. The Morgan fingerprint density at radius 1 is 1.53 bits per heavy atom. The molecule has 1 saturated carbocycles. The Hall–Kier alpha value is -1.23. The van der Waals surface area contributed by atoms with Gasteiger partial charge in [0.15, 0.2) is 0 Å². The largest absolute Gasteiger partial charge is 0.388 e. The van der Waals surface area contributed by atoms with Gasteiger partial charge in [0, 0.05) is 18.8 Å². The van der Waals surface area contributed by atoms with Gasteiger partial charge in [0.05, 0.1) is 0 Å². The second kappa shape index (κ2) is 3.73. The molecule has 2 N–H and O–H groups in total.